The smallest absolute Gasteiger partial charge is 0.250 e. The summed E-state index contributed by atoms with van der Waals surface area (Å²) < 4.78 is 28.3. The lowest BCUT2D eigenvalue weighted by atomic mass is 9.84. The summed E-state index contributed by atoms with van der Waals surface area (Å²) in [5, 5.41) is 3.08. The van der Waals surface area contributed by atoms with E-state index in [1.54, 1.807) is 6.07 Å². The first-order chi connectivity index (χ1) is 9.92. The Morgan fingerprint density at radius 1 is 1.33 bits per heavy atom. The standard InChI is InChI=1S/C15H26N2O2S2/c1-4-15(7-5-6-8-15)11-17-21(18,19)14-9-12(2)13(20-14)10-16-3/h9,16-17H,4-8,10-11H2,1-3H3. The Hall–Kier alpha value is -0.430. The molecule has 0 atom stereocenters. The van der Waals surface area contributed by atoms with Gasteiger partial charge in [0.1, 0.15) is 4.21 Å². The SMILES string of the molecule is CCC1(CNS(=O)(=O)c2cc(C)c(CNC)s2)CCCC1. The number of hydrogen-bond donors (Lipinski definition) is 2. The average Bonchev–Trinajstić information content (AvgIpc) is 3.06. The van der Waals surface area contributed by atoms with E-state index >= 15 is 0 Å². The van der Waals surface area contributed by atoms with Crippen LogP contribution in [0, 0.1) is 12.3 Å². The molecule has 21 heavy (non-hydrogen) atoms. The van der Waals surface area contributed by atoms with Crippen molar-refractivity contribution in [3.63, 3.8) is 0 Å². The van der Waals surface area contributed by atoms with Gasteiger partial charge in [0.25, 0.3) is 0 Å². The Kier molecular flexibility index (Phi) is 5.46. The Balaban J connectivity index is 2.09. The van der Waals surface area contributed by atoms with Crippen LogP contribution in [0.1, 0.15) is 49.5 Å². The number of sulfonamides is 1. The quantitative estimate of drug-likeness (QED) is 0.808. The van der Waals surface area contributed by atoms with Crippen molar-refractivity contribution in [1.82, 2.24) is 10.0 Å². The van der Waals surface area contributed by atoms with Gasteiger partial charge in [0.05, 0.1) is 0 Å². The summed E-state index contributed by atoms with van der Waals surface area (Å²) in [6, 6.07) is 1.78. The van der Waals surface area contributed by atoms with E-state index in [0.717, 1.165) is 29.7 Å². The minimum atomic E-state index is -3.38. The first-order valence-electron chi connectivity index (χ1n) is 7.66. The highest BCUT2D eigenvalue weighted by molar-refractivity contribution is 7.91. The maximum absolute atomic E-state index is 12.5. The van der Waals surface area contributed by atoms with Crippen molar-refractivity contribution in [2.75, 3.05) is 13.6 Å². The highest BCUT2D eigenvalue weighted by Gasteiger charge is 2.33. The van der Waals surface area contributed by atoms with Gasteiger partial charge in [0, 0.05) is 18.0 Å². The molecule has 0 saturated heterocycles. The zero-order valence-electron chi connectivity index (χ0n) is 13.2. The second kappa shape index (κ2) is 6.77. The van der Waals surface area contributed by atoms with E-state index in [9.17, 15) is 8.42 Å². The Labute approximate surface area is 132 Å². The van der Waals surface area contributed by atoms with Crippen LogP contribution < -0.4 is 10.0 Å². The lowest BCUT2D eigenvalue weighted by molar-refractivity contribution is 0.286. The number of aryl methyl sites for hydroxylation is 1. The van der Waals surface area contributed by atoms with Crippen LogP contribution in [0.4, 0.5) is 0 Å². The van der Waals surface area contributed by atoms with E-state index in [0.29, 0.717) is 17.3 Å². The van der Waals surface area contributed by atoms with E-state index < -0.39 is 10.0 Å². The van der Waals surface area contributed by atoms with Crippen molar-refractivity contribution in [1.29, 1.82) is 0 Å². The van der Waals surface area contributed by atoms with Crippen LogP contribution in [-0.2, 0) is 16.6 Å². The van der Waals surface area contributed by atoms with Crippen molar-refractivity contribution >= 4 is 21.4 Å². The van der Waals surface area contributed by atoms with Gasteiger partial charge in [0.15, 0.2) is 0 Å². The van der Waals surface area contributed by atoms with Gasteiger partial charge in [-0.25, -0.2) is 13.1 Å². The fourth-order valence-corrected chi connectivity index (χ4v) is 5.86. The molecule has 120 valence electrons. The minimum Gasteiger partial charge on any atom is -0.315 e. The van der Waals surface area contributed by atoms with Crippen molar-refractivity contribution < 1.29 is 8.42 Å². The van der Waals surface area contributed by atoms with Crippen LogP contribution in [0.2, 0.25) is 0 Å². The van der Waals surface area contributed by atoms with Crippen LogP contribution in [0.3, 0.4) is 0 Å². The molecule has 1 aromatic heterocycles. The molecule has 4 nitrogen and oxygen atoms in total. The maximum atomic E-state index is 12.5. The van der Waals surface area contributed by atoms with Crippen molar-refractivity contribution in [3.05, 3.63) is 16.5 Å². The molecule has 1 fully saturated rings. The topological polar surface area (TPSA) is 58.2 Å². The summed E-state index contributed by atoms with van der Waals surface area (Å²) in [7, 11) is -1.50. The molecule has 1 aliphatic rings. The van der Waals surface area contributed by atoms with Gasteiger partial charge in [-0.1, -0.05) is 19.8 Å². The highest BCUT2D eigenvalue weighted by atomic mass is 32.2. The van der Waals surface area contributed by atoms with Gasteiger partial charge >= 0.3 is 0 Å². The third kappa shape index (κ3) is 3.86. The summed E-state index contributed by atoms with van der Waals surface area (Å²) in [6.07, 6.45) is 5.77. The van der Waals surface area contributed by atoms with E-state index in [4.69, 9.17) is 0 Å². The number of rotatable bonds is 7. The molecule has 0 aromatic carbocycles. The average molecular weight is 331 g/mol. The molecule has 0 unspecified atom stereocenters. The molecule has 1 heterocycles. The van der Waals surface area contributed by atoms with E-state index in [2.05, 4.69) is 17.0 Å². The van der Waals surface area contributed by atoms with Crippen LogP contribution in [0.25, 0.3) is 0 Å². The zero-order valence-corrected chi connectivity index (χ0v) is 14.8. The van der Waals surface area contributed by atoms with Gasteiger partial charge in [-0.05, 0) is 50.3 Å². The Morgan fingerprint density at radius 3 is 2.57 bits per heavy atom. The predicted octanol–water partition coefficient (Wildman–Crippen LogP) is 3.02. The molecule has 1 aromatic rings. The molecule has 2 N–H and O–H groups in total. The second-order valence-electron chi connectivity index (χ2n) is 6.09. The minimum absolute atomic E-state index is 0.174. The number of hydrogen-bond acceptors (Lipinski definition) is 4. The summed E-state index contributed by atoms with van der Waals surface area (Å²) >= 11 is 1.37. The highest BCUT2D eigenvalue weighted by Crippen LogP contribution is 2.40. The monoisotopic (exact) mass is 330 g/mol. The van der Waals surface area contributed by atoms with Gasteiger partial charge in [0.2, 0.25) is 10.0 Å². The normalized spacial score (nSPS) is 18.2. The maximum Gasteiger partial charge on any atom is 0.250 e. The lowest BCUT2D eigenvalue weighted by Gasteiger charge is -2.27. The van der Waals surface area contributed by atoms with Gasteiger partial charge < -0.3 is 5.32 Å². The van der Waals surface area contributed by atoms with Crippen LogP contribution >= 0.6 is 11.3 Å². The largest absolute Gasteiger partial charge is 0.315 e. The predicted molar refractivity (Wildman–Crippen MR) is 88.2 cm³/mol. The lowest BCUT2D eigenvalue weighted by Crippen LogP contribution is -2.35. The molecule has 2 rings (SSSR count). The van der Waals surface area contributed by atoms with Gasteiger partial charge in [-0.2, -0.15) is 0 Å². The third-order valence-corrected chi connectivity index (χ3v) is 7.76. The third-order valence-electron chi connectivity index (χ3n) is 4.65. The summed E-state index contributed by atoms with van der Waals surface area (Å²) in [5.74, 6) is 0. The van der Waals surface area contributed by atoms with E-state index in [-0.39, 0.29) is 5.41 Å². The molecule has 0 spiro atoms. The molecule has 0 aliphatic heterocycles. The van der Waals surface area contributed by atoms with Crippen LogP contribution in [0.15, 0.2) is 10.3 Å². The summed E-state index contributed by atoms with van der Waals surface area (Å²) in [4.78, 5) is 1.09. The Morgan fingerprint density at radius 2 is 2.00 bits per heavy atom. The number of nitrogens with one attached hydrogen (secondary N) is 2. The second-order valence-corrected chi connectivity index (χ2v) is 9.22. The van der Waals surface area contributed by atoms with Crippen LogP contribution in [0.5, 0.6) is 0 Å². The summed E-state index contributed by atoms with van der Waals surface area (Å²) in [6.45, 7) is 5.42. The molecular weight excluding hydrogens is 304 g/mol. The van der Waals surface area contributed by atoms with Crippen molar-refractivity contribution in [3.8, 4) is 0 Å². The van der Waals surface area contributed by atoms with Gasteiger partial charge in [-0.15, -0.1) is 11.3 Å². The van der Waals surface area contributed by atoms with Crippen LogP contribution in [-0.4, -0.2) is 22.0 Å². The van der Waals surface area contributed by atoms with Crippen molar-refractivity contribution in [2.24, 2.45) is 5.41 Å². The summed E-state index contributed by atoms with van der Waals surface area (Å²) in [5.41, 5.74) is 1.22. The fraction of sp³-hybridized carbons (Fsp3) is 0.733. The molecule has 6 heteroatoms. The molecular formula is C15H26N2O2S2. The van der Waals surface area contributed by atoms with Crippen molar-refractivity contribution in [2.45, 2.75) is 56.7 Å². The molecule has 0 radical (unpaired) electrons. The van der Waals surface area contributed by atoms with E-state index in [1.807, 2.05) is 14.0 Å². The molecule has 1 saturated carbocycles. The molecule has 0 amide bonds. The zero-order chi connectivity index (χ0) is 15.5. The fourth-order valence-electron chi connectivity index (χ4n) is 3.06. The Bertz CT molecular complexity index is 572. The first-order valence-corrected chi connectivity index (χ1v) is 9.96. The number of thiophene rings is 1. The van der Waals surface area contributed by atoms with E-state index in [1.165, 1.54) is 24.2 Å². The molecule has 1 aliphatic carbocycles. The molecule has 0 bridgehead atoms. The first kappa shape index (κ1) is 16.9. The van der Waals surface area contributed by atoms with Gasteiger partial charge in [-0.3, -0.25) is 0 Å².